The van der Waals surface area contributed by atoms with Gasteiger partial charge in [0.15, 0.2) is 16.6 Å². The highest BCUT2D eigenvalue weighted by molar-refractivity contribution is 7.14. The molecule has 150 valence electrons. The van der Waals surface area contributed by atoms with Crippen LogP contribution in [-0.4, -0.2) is 29.6 Å². The van der Waals surface area contributed by atoms with Gasteiger partial charge in [0, 0.05) is 10.9 Å². The average molecular weight is 430 g/mol. The Kier molecular flexibility index (Phi) is 5.50. The van der Waals surface area contributed by atoms with Crippen LogP contribution in [0.3, 0.4) is 0 Å². The molecule has 0 spiro atoms. The molecule has 0 bridgehead atoms. The molecular weight excluding hydrogens is 410 g/mol. The zero-order valence-corrected chi connectivity index (χ0v) is 17.4. The number of fused-ring (bicyclic) bond motifs is 1. The minimum absolute atomic E-state index is 0.0767. The van der Waals surface area contributed by atoms with Crippen LogP contribution < -0.4 is 20.1 Å². The Morgan fingerprint density at radius 2 is 1.97 bits per heavy atom. The molecule has 1 aromatic carbocycles. The van der Waals surface area contributed by atoms with Crippen molar-refractivity contribution in [2.45, 2.75) is 19.9 Å². The van der Waals surface area contributed by atoms with Crippen molar-refractivity contribution in [2.24, 2.45) is 5.92 Å². The lowest BCUT2D eigenvalue weighted by Crippen LogP contribution is -2.46. The second-order valence-electron chi connectivity index (χ2n) is 6.77. The van der Waals surface area contributed by atoms with Crippen molar-refractivity contribution >= 4 is 39.6 Å². The van der Waals surface area contributed by atoms with Crippen LogP contribution >= 0.6 is 22.7 Å². The first-order valence-electron chi connectivity index (χ1n) is 9.02. The molecule has 4 rings (SSSR count). The maximum atomic E-state index is 12.8. The van der Waals surface area contributed by atoms with Crippen molar-refractivity contribution in [3.8, 4) is 22.8 Å². The largest absolute Gasteiger partial charge is 0.454 e. The van der Waals surface area contributed by atoms with E-state index in [1.54, 1.807) is 12.1 Å². The van der Waals surface area contributed by atoms with Crippen LogP contribution in [0.5, 0.6) is 11.5 Å². The lowest BCUT2D eigenvalue weighted by molar-refractivity contribution is -0.118. The number of ether oxygens (including phenoxy) is 2. The summed E-state index contributed by atoms with van der Waals surface area (Å²) in [5.74, 6) is 0.758. The van der Waals surface area contributed by atoms with E-state index >= 15 is 0 Å². The average Bonchev–Trinajstić information content (AvgIpc) is 3.46. The summed E-state index contributed by atoms with van der Waals surface area (Å²) in [7, 11) is 0. The highest BCUT2D eigenvalue weighted by atomic mass is 32.1. The van der Waals surface area contributed by atoms with Gasteiger partial charge >= 0.3 is 0 Å². The zero-order chi connectivity index (χ0) is 20.4. The highest BCUT2D eigenvalue weighted by Gasteiger charge is 2.26. The molecule has 0 saturated carbocycles. The van der Waals surface area contributed by atoms with Gasteiger partial charge in [0.25, 0.3) is 5.91 Å². The molecule has 0 aliphatic carbocycles. The highest BCUT2D eigenvalue weighted by Crippen LogP contribution is 2.36. The quantitative estimate of drug-likeness (QED) is 0.618. The van der Waals surface area contributed by atoms with Gasteiger partial charge < -0.3 is 20.1 Å². The maximum Gasteiger partial charge on any atom is 0.262 e. The minimum Gasteiger partial charge on any atom is -0.454 e. The summed E-state index contributed by atoms with van der Waals surface area (Å²) in [6, 6.07) is 8.46. The van der Waals surface area contributed by atoms with Crippen LogP contribution in [0.4, 0.5) is 5.13 Å². The molecule has 9 heteroatoms. The molecule has 3 heterocycles. The first-order valence-corrected chi connectivity index (χ1v) is 10.8. The molecule has 0 radical (unpaired) electrons. The zero-order valence-electron chi connectivity index (χ0n) is 15.8. The smallest absolute Gasteiger partial charge is 0.262 e. The lowest BCUT2D eigenvalue weighted by Gasteiger charge is -2.20. The Morgan fingerprint density at radius 1 is 1.14 bits per heavy atom. The van der Waals surface area contributed by atoms with E-state index in [0.29, 0.717) is 21.5 Å². The van der Waals surface area contributed by atoms with E-state index in [1.807, 2.05) is 42.8 Å². The molecule has 2 aromatic heterocycles. The fraction of sp³-hybridized carbons (Fsp3) is 0.250. The minimum atomic E-state index is -0.664. The van der Waals surface area contributed by atoms with Gasteiger partial charge in [0.2, 0.25) is 12.7 Å². The molecule has 0 saturated heterocycles. The summed E-state index contributed by atoms with van der Waals surface area (Å²) in [6.07, 6.45) is 0. The van der Waals surface area contributed by atoms with E-state index in [-0.39, 0.29) is 24.5 Å². The molecule has 1 aliphatic heterocycles. The number of thiophene rings is 1. The number of hydrogen-bond acceptors (Lipinski definition) is 7. The van der Waals surface area contributed by atoms with Crippen LogP contribution in [0.1, 0.15) is 23.5 Å². The van der Waals surface area contributed by atoms with Crippen LogP contribution in [0.2, 0.25) is 0 Å². The maximum absolute atomic E-state index is 12.8. The second kappa shape index (κ2) is 8.22. The van der Waals surface area contributed by atoms with E-state index in [4.69, 9.17) is 9.47 Å². The van der Waals surface area contributed by atoms with Gasteiger partial charge in [-0.25, -0.2) is 4.98 Å². The third-order valence-electron chi connectivity index (χ3n) is 4.38. The number of rotatable bonds is 6. The number of benzene rings is 1. The number of amides is 2. The Morgan fingerprint density at radius 3 is 2.72 bits per heavy atom. The van der Waals surface area contributed by atoms with Gasteiger partial charge in [-0.2, -0.15) is 0 Å². The summed E-state index contributed by atoms with van der Waals surface area (Å²) in [5, 5.41) is 9.79. The number of nitrogens with zero attached hydrogens (tertiary/aromatic N) is 1. The molecule has 29 heavy (non-hydrogen) atoms. The van der Waals surface area contributed by atoms with Crippen molar-refractivity contribution in [3.63, 3.8) is 0 Å². The standard InChI is InChI=1S/C20H19N3O4S2/c1-11(2)17(22-18(24)16-4-3-7-28-16)19(25)23-20-21-13(9-29-20)12-5-6-14-15(8-12)27-10-26-14/h3-9,11,17H,10H2,1-2H3,(H,22,24)(H,21,23,25). The lowest BCUT2D eigenvalue weighted by atomic mass is 10.0. The van der Waals surface area contributed by atoms with E-state index in [2.05, 4.69) is 15.6 Å². The predicted molar refractivity (Wildman–Crippen MR) is 113 cm³/mol. The van der Waals surface area contributed by atoms with Gasteiger partial charge in [-0.05, 0) is 35.6 Å². The summed E-state index contributed by atoms with van der Waals surface area (Å²) < 4.78 is 10.7. The molecular formula is C20H19N3O4S2. The van der Waals surface area contributed by atoms with E-state index in [0.717, 1.165) is 11.3 Å². The van der Waals surface area contributed by atoms with Crippen molar-refractivity contribution in [2.75, 3.05) is 12.1 Å². The Bertz CT molecular complexity index is 1030. The van der Waals surface area contributed by atoms with Gasteiger partial charge in [-0.1, -0.05) is 19.9 Å². The fourth-order valence-corrected chi connectivity index (χ4v) is 4.21. The van der Waals surface area contributed by atoms with Crippen LogP contribution in [0, 0.1) is 5.92 Å². The number of carbonyl (C=O) groups excluding carboxylic acids is 2. The Hall–Kier alpha value is -2.91. The molecule has 2 N–H and O–H groups in total. The number of hydrogen-bond donors (Lipinski definition) is 2. The Balaban J connectivity index is 1.45. The number of thiazole rings is 1. The molecule has 7 nitrogen and oxygen atoms in total. The topological polar surface area (TPSA) is 89.6 Å². The summed E-state index contributed by atoms with van der Waals surface area (Å²) in [6.45, 7) is 3.99. The molecule has 0 fully saturated rings. The van der Waals surface area contributed by atoms with Crippen molar-refractivity contribution < 1.29 is 19.1 Å². The normalized spacial score (nSPS) is 13.3. The third-order valence-corrected chi connectivity index (χ3v) is 6.01. The van der Waals surface area contributed by atoms with Crippen LogP contribution in [0.25, 0.3) is 11.3 Å². The molecule has 1 atom stereocenters. The van der Waals surface area contributed by atoms with E-state index in [1.165, 1.54) is 22.7 Å². The summed E-state index contributed by atoms with van der Waals surface area (Å²) >= 11 is 2.66. The number of carbonyl (C=O) groups is 2. The van der Waals surface area contributed by atoms with Crippen LogP contribution in [-0.2, 0) is 4.79 Å². The van der Waals surface area contributed by atoms with E-state index < -0.39 is 6.04 Å². The summed E-state index contributed by atoms with van der Waals surface area (Å²) in [5.41, 5.74) is 1.60. The predicted octanol–water partition coefficient (Wildman–Crippen LogP) is 3.99. The number of anilines is 1. The van der Waals surface area contributed by atoms with Gasteiger partial charge in [-0.15, -0.1) is 22.7 Å². The first-order chi connectivity index (χ1) is 14.0. The van der Waals surface area contributed by atoms with Crippen LogP contribution in [0.15, 0.2) is 41.1 Å². The van der Waals surface area contributed by atoms with Crippen molar-refractivity contribution in [1.82, 2.24) is 10.3 Å². The summed E-state index contributed by atoms with van der Waals surface area (Å²) in [4.78, 5) is 30.2. The molecule has 1 aliphatic rings. The van der Waals surface area contributed by atoms with Crippen molar-refractivity contribution in [3.05, 3.63) is 46.0 Å². The number of aromatic nitrogens is 1. The molecule has 1 unspecified atom stereocenters. The SMILES string of the molecule is CC(C)C(NC(=O)c1cccs1)C(=O)Nc1nc(-c2ccc3c(c2)OCO3)cs1. The fourth-order valence-electron chi connectivity index (χ4n) is 2.86. The first kappa shape index (κ1) is 19.4. The Labute approximate surface area is 175 Å². The van der Waals surface area contributed by atoms with E-state index in [9.17, 15) is 9.59 Å². The van der Waals surface area contributed by atoms with Gasteiger partial charge in [0.05, 0.1) is 10.6 Å². The second-order valence-corrected chi connectivity index (χ2v) is 8.57. The third kappa shape index (κ3) is 4.25. The number of nitrogens with one attached hydrogen (secondary N) is 2. The molecule has 2 amide bonds. The monoisotopic (exact) mass is 429 g/mol. The van der Waals surface area contributed by atoms with Gasteiger partial charge in [0.1, 0.15) is 6.04 Å². The van der Waals surface area contributed by atoms with Gasteiger partial charge in [-0.3, -0.25) is 9.59 Å². The molecule has 3 aromatic rings. The van der Waals surface area contributed by atoms with Crippen molar-refractivity contribution in [1.29, 1.82) is 0 Å².